The van der Waals surface area contributed by atoms with Crippen molar-refractivity contribution in [3.05, 3.63) is 93.4 Å². The van der Waals surface area contributed by atoms with E-state index in [-0.39, 0.29) is 17.7 Å². The van der Waals surface area contributed by atoms with Crippen molar-refractivity contribution in [2.45, 2.75) is 26.9 Å². The van der Waals surface area contributed by atoms with Crippen LogP contribution >= 0.6 is 0 Å². The molecule has 1 aromatic heterocycles. The minimum Gasteiger partial charge on any atom is -0.489 e. The third-order valence-electron chi connectivity index (χ3n) is 4.50. The Labute approximate surface area is 157 Å². The summed E-state index contributed by atoms with van der Waals surface area (Å²) in [5.41, 5.74) is 2.46. The van der Waals surface area contributed by atoms with Crippen LogP contribution in [0, 0.1) is 18.6 Å². The first-order valence-electron chi connectivity index (χ1n) is 8.83. The van der Waals surface area contributed by atoms with Crippen LogP contribution in [0.15, 0.2) is 59.4 Å². The van der Waals surface area contributed by atoms with Crippen molar-refractivity contribution < 1.29 is 13.5 Å². The summed E-state index contributed by atoms with van der Waals surface area (Å²) in [6, 6.07) is 14.9. The maximum Gasteiger partial charge on any atom is 0.248 e. The first-order chi connectivity index (χ1) is 13.0. The lowest BCUT2D eigenvalue weighted by Gasteiger charge is -2.16. The predicted octanol–water partition coefficient (Wildman–Crippen LogP) is 3.17. The Balaban J connectivity index is 1.89. The summed E-state index contributed by atoms with van der Waals surface area (Å²) in [4.78, 5) is 12.9. The Kier molecular flexibility index (Phi) is 5.74. The smallest absolute Gasteiger partial charge is 0.248 e. The topological polar surface area (TPSA) is 31.2 Å². The molecule has 0 aliphatic carbocycles. The summed E-state index contributed by atoms with van der Waals surface area (Å²) in [7, 11) is 0.495. The van der Waals surface area contributed by atoms with Crippen molar-refractivity contribution in [2.24, 2.45) is 0 Å². The molecule has 6 heteroatoms. The van der Waals surface area contributed by atoms with Gasteiger partial charge in [0.05, 0.1) is 6.54 Å². The predicted molar refractivity (Wildman–Crippen MR) is 104 cm³/mol. The molecule has 0 aliphatic rings. The highest BCUT2D eigenvalue weighted by Crippen LogP contribution is 2.15. The third-order valence-corrected chi connectivity index (χ3v) is 4.50. The molecule has 0 fully saturated rings. The molecule has 3 nitrogen and oxygen atoms in total. The molecular weight excluding hydrogens is 347 g/mol. The number of aromatic nitrogens is 1. The maximum absolute atomic E-state index is 13.8. The highest BCUT2D eigenvalue weighted by molar-refractivity contribution is 6.53. The molecule has 2 aromatic carbocycles. The Morgan fingerprint density at radius 2 is 1.81 bits per heavy atom. The SMILES string of the molecule is CBc1c(OCc2ccc(F)cc2F)cc(C)n(Cc2ccccc2)c1=O. The van der Waals surface area contributed by atoms with E-state index in [4.69, 9.17) is 4.74 Å². The van der Waals surface area contributed by atoms with Crippen LogP contribution in [0.3, 0.4) is 0 Å². The molecule has 0 unspecified atom stereocenters. The van der Waals surface area contributed by atoms with E-state index in [0.717, 1.165) is 17.3 Å². The molecule has 0 radical (unpaired) electrons. The van der Waals surface area contributed by atoms with Crippen molar-refractivity contribution >= 4 is 12.7 Å². The van der Waals surface area contributed by atoms with Gasteiger partial charge in [-0.25, -0.2) is 8.78 Å². The standard InChI is InChI=1S/C21H20BF2NO2/c1-14-10-19(27-13-16-8-9-17(23)11-18(16)24)20(22-2)21(26)25(14)12-15-6-4-3-5-7-15/h3-11,22H,12-13H2,1-2H3. The van der Waals surface area contributed by atoms with Gasteiger partial charge in [-0.3, -0.25) is 4.79 Å². The molecule has 3 rings (SSSR count). The minimum atomic E-state index is -0.665. The molecule has 0 saturated carbocycles. The molecule has 0 amide bonds. The first kappa shape index (κ1) is 18.9. The summed E-state index contributed by atoms with van der Waals surface area (Å²) in [6.45, 7) is 4.13. The molecule has 1 heterocycles. The molecule has 0 saturated heterocycles. The van der Waals surface area contributed by atoms with Gasteiger partial charge in [-0.15, -0.1) is 0 Å². The molecule has 27 heavy (non-hydrogen) atoms. The number of rotatable bonds is 6. The van der Waals surface area contributed by atoms with E-state index in [1.165, 1.54) is 12.1 Å². The average Bonchev–Trinajstić information content (AvgIpc) is 2.65. The van der Waals surface area contributed by atoms with Gasteiger partial charge in [0, 0.05) is 22.8 Å². The average molecular weight is 367 g/mol. The van der Waals surface area contributed by atoms with Gasteiger partial charge in [0.15, 0.2) is 7.28 Å². The van der Waals surface area contributed by atoms with Crippen LogP contribution in [0.4, 0.5) is 8.78 Å². The minimum absolute atomic E-state index is 0.0688. The van der Waals surface area contributed by atoms with Crippen LogP contribution in [-0.4, -0.2) is 11.8 Å². The third kappa shape index (κ3) is 4.27. The fourth-order valence-electron chi connectivity index (χ4n) is 2.99. The van der Waals surface area contributed by atoms with Crippen molar-refractivity contribution in [3.8, 4) is 5.75 Å². The van der Waals surface area contributed by atoms with Crippen molar-refractivity contribution in [1.82, 2.24) is 4.57 Å². The van der Waals surface area contributed by atoms with Crippen molar-refractivity contribution in [1.29, 1.82) is 0 Å². The Bertz CT molecular complexity index is 1000. The summed E-state index contributed by atoms with van der Waals surface area (Å²) in [5, 5.41) is 0. The molecule has 0 atom stereocenters. The summed E-state index contributed by atoms with van der Waals surface area (Å²) < 4.78 is 34.3. The number of pyridine rings is 1. The number of nitrogens with zero attached hydrogens (tertiary/aromatic N) is 1. The van der Waals surface area contributed by atoms with E-state index in [0.29, 0.717) is 25.0 Å². The van der Waals surface area contributed by atoms with E-state index < -0.39 is 11.6 Å². The number of aryl methyl sites for hydroxylation is 1. The van der Waals surface area contributed by atoms with Crippen LogP contribution in [0.1, 0.15) is 16.8 Å². The van der Waals surface area contributed by atoms with Crippen LogP contribution in [0.5, 0.6) is 5.75 Å². The van der Waals surface area contributed by atoms with Crippen LogP contribution < -0.4 is 15.8 Å². The fourth-order valence-corrected chi connectivity index (χ4v) is 2.99. The molecular formula is C21H20BF2NO2. The normalized spacial score (nSPS) is 10.7. The molecule has 138 valence electrons. The second-order valence-corrected chi connectivity index (χ2v) is 6.38. The van der Waals surface area contributed by atoms with E-state index in [1.54, 1.807) is 10.6 Å². The lowest BCUT2D eigenvalue weighted by Crippen LogP contribution is -2.39. The van der Waals surface area contributed by atoms with Gasteiger partial charge in [0.1, 0.15) is 24.0 Å². The Morgan fingerprint density at radius 3 is 2.48 bits per heavy atom. The van der Waals surface area contributed by atoms with Crippen LogP contribution in [0.25, 0.3) is 0 Å². The number of hydrogen-bond acceptors (Lipinski definition) is 2. The number of ether oxygens (including phenoxy) is 1. The van der Waals surface area contributed by atoms with Gasteiger partial charge >= 0.3 is 0 Å². The molecule has 3 aromatic rings. The van der Waals surface area contributed by atoms with Crippen LogP contribution in [-0.2, 0) is 13.2 Å². The quantitative estimate of drug-likeness (QED) is 0.627. The summed E-state index contributed by atoms with van der Waals surface area (Å²) in [5.74, 6) is -0.861. The summed E-state index contributed by atoms with van der Waals surface area (Å²) >= 11 is 0. The Hall–Kier alpha value is -2.89. The molecule has 0 N–H and O–H groups in total. The zero-order chi connectivity index (χ0) is 19.4. The van der Waals surface area contributed by atoms with E-state index >= 15 is 0 Å². The van der Waals surface area contributed by atoms with Gasteiger partial charge in [-0.05, 0) is 30.7 Å². The highest BCUT2D eigenvalue weighted by Gasteiger charge is 2.14. The van der Waals surface area contributed by atoms with Crippen molar-refractivity contribution in [2.75, 3.05) is 0 Å². The highest BCUT2D eigenvalue weighted by atomic mass is 19.1. The van der Waals surface area contributed by atoms with E-state index in [2.05, 4.69) is 0 Å². The number of benzene rings is 2. The van der Waals surface area contributed by atoms with Crippen LogP contribution in [0.2, 0.25) is 6.82 Å². The van der Waals surface area contributed by atoms with Gasteiger partial charge < -0.3 is 9.30 Å². The van der Waals surface area contributed by atoms with Gasteiger partial charge in [-0.2, -0.15) is 0 Å². The number of hydrogen-bond donors (Lipinski definition) is 0. The Morgan fingerprint density at radius 1 is 1.07 bits per heavy atom. The second-order valence-electron chi connectivity index (χ2n) is 6.38. The summed E-state index contributed by atoms with van der Waals surface area (Å²) in [6.07, 6.45) is 0. The number of halogens is 2. The zero-order valence-corrected chi connectivity index (χ0v) is 15.3. The monoisotopic (exact) mass is 367 g/mol. The van der Waals surface area contributed by atoms with E-state index in [1.807, 2.05) is 44.1 Å². The first-order valence-corrected chi connectivity index (χ1v) is 8.83. The maximum atomic E-state index is 13.8. The molecule has 0 bridgehead atoms. The lowest BCUT2D eigenvalue weighted by molar-refractivity contribution is 0.300. The molecule has 0 aliphatic heterocycles. The van der Waals surface area contributed by atoms with Gasteiger partial charge in [0.25, 0.3) is 0 Å². The van der Waals surface area contributed by atoms with Gasteiger partial charge in [-0.1, -0.05) is 37.2 Å². The van der Waals surface area contributed by atoms with Crippen molar-refractivity contribution in [3.63, 3.8) is 0 Å². The zero-order valence-electron chi connectivity index (χ0n) is 15.3. The van der Waals surface area contributed by atoms with Gasteiger partial charge in [0.2, 0.25) is 5.56 Å². The fraction of sp³-hybridized carbons (Fsp3) is 0.190. The van der Waals surface area contributed by atoms with E-state index in [9.17, 15) is 13.6 Å². The largest absolute Gasteiger partial charge is 0.489 e. The lowest BCUT2D eigenvalue weighted by atomic mass is 9.73. The second kappa shape index (κ2) is 8.21. The molecule has 0 spiro atoms.